The topological polar surface area (TPSA) is 29.5 Å². The van der Waals surface area contributed by atoms with E-state index in [0.29, 0.717) is 0 Å². The molecule has 0 spiro atoms. The second-order valence-electron chi connectivity index (χ2n) is 7.15. The maximum Gasteiger partial charge on any atom is 0.184 e. The van der Waals surface area contributed by atoms with E-state index < -0.39 is 0 Å². The monoisotopic (exact) mass is 409 g/mol. The number of halogens is 1. The minimum atomic E-state index is 0.186. The first-order valence-electron chi connectivity index (χ1n) is 9.21. The van der Waals surface area contributed by atoms with Gasteiger partial charge in [0.25, 0.3) is 0 Å². The third kappa shape index (κ3) is 2.55. The van der Waals surface area contributed by atoms with Crippen molar-refractivity contribution in [2.24, 2.45) is 0 Å². The molecule has 1 aromatic carbocycles. The molecule has 1 saturated heterocycles. The fourth-order valence-electron chi connectivity index (χ4n) is 4.44. The molecule has 0 bridgehead atoms. The van der Waals surface area contributed by atoms with Gasteiger partial charge in [0.05, 0.1) is 13.2 Å². The molecule has 3 nitrogen and oxygen atoms in total. The van der Waals surface area contributed by atoms with Crippen LogP contribution < -0.4 is 0 Å². The quantitative estimate of drug-likeness (QED) is 0.729. The summed E-state index contributed by atoms with van der Waals surface area (Å²) in [5, 5.41) is 0. The van der Waals surface area contributed by atoms with Crippen molar-refractivity contribution < 1.29 is 9.53 Å². The van der Waals surface area contributed by atoms with Gasteiger partial charge in [-0.1, -0.05) is 40.2 Å². The molecule has 132 valence electrons. The summed E-state index contributed by atoms with van der Waals surface area (Å²) >= 11 is 3.67. The Morgan fingerprint density at radius 3 is 2.77 bits per heavy atom. The van der Waals surface area contributed by atoms with Crippen molar-refractivity contribution in [3.8, 4) is 0 Å². The van der Waals surface area contributed by atoms with E-state index in [0.717, 1.165) is 61.3 Å². The Bertz CT molecular complexity index is 930. The molecule has 4 heteroatoms. The van der Waals surface area contributed by atoms with E-state index in [1.165, 1.54) is 27.8 Å². The molecule has 3 aliphatic carbocycles. The number of hydrogen-bond donors (Lipinski definition) is 0. The Morgan fingerprint density at radius 2 is 1.92 bits per heavy atom. The van der Waals surface area contributed by atoms with Crippen molar-refractivity contribution in [3.63, 3.8) is 0 Å². The number of fused-ring (bicyclic) bond motifs is 1. The largest absolute Gasteiger partial charge is 0.378 e. The lowest BCUT2D eigenvalue weighted by molar-refractivity contribution is -0.111. The molecule has 0 aromatic heterocycles. The number of hydrogen-bond acceptors (Lipinski definition) is 3. The summed E-state index contributed by atoms with van der Waals surface area (Å²) in [5.41, 5.74) is 8.57. The summed E-state index contributed by atoms with van der Waals surface area (Å²) in [4.78, 5) is 15.1. The Balaban J connectivity index is 1.50. The van der Waals surface area contributed by atoms with E-state index in [9.17, 15) is 4.79 Å². The van der Waals surface area contributed by atoms with Crippen LogP contribution in [0.15, 0.2) is 51.7 Å². The Kier molecular flexibility index (Phi) is 3.98. The third-order valence-corrected chi connectivity index (χ3v) is 6.46. The smallest absolute Gasteiger partial charge is 0.184 e. The van der Waals surface area contributed by atoms with E-state index in [1.807, 2.05) is 6.08 Å². The SMILES string of the molecule is O=C1C=C(N2CCOCC2)CC2=C1CC=C2c1ccc(Br)c2c1CC=C2. The molecule has 4 aliphatic rings. The standard InChI is InChI=1S/C22H20BrNO2/c23-21-7-6-16(15-2-1-3-18(15)21)17-4-5-19-20(17)12-14(13-22(19)25)24-8-10-26-11-9-24/h1,3-4,6-7,13H,2,5,8-12H2. The average molecular weight is 410 g/mol. The maximum absolute atomic E-state index is 12.7. The molecule has 1 aliphatic heterocycles. The van der Waals surface area contributed by atoms with Gasteiger partial charge >= 0.3 is 0 Å². The van der Waals surface area contributed by atoms with Crippen LogP contribution in [0.2, 0.25) is 0 Å². The van der Waals surface area contributed by atoms with Crippen molar-refractivity contribution >= 4 is 33.4 Å². The van der Waals surface area contributed by atoms with Crippen LogP contribution >= 0.6 is 15.9 Å². The second kappa shape index (κ2) is 6.36. The molecule has 0 amide bonds. The zero-order chi connectivity index (χ0) is 17.7. The number of allylic oxidation sites excluding steroid dienone is 6. The van der Waals surface area contributed by atoms with Crippen LogP contribution in [-0.2, 0) is 16.0 Å². The van der Waals surface area contributed by atoms with Gasteiger partial charge in [-0.25, -0.2) is 0 Å². The van der Waals surface area contributed by atoms with Gasteiger partial charge in [-0.3, -0.25) is 4.79 Å². The molecule has 0 unspecified atom stereocenters. The van der Waals surface area contributed by atoms with Gasteiger partial charge in [-0.2, -0.15) is 0 Å². The van der Waals surface area contributed by atoms with Crippen LogP contribution in [0.25, 0.3) is 11.6 Å². The first-order valence-corrected chi connectivity index (χ1v) is 10.00. The highest BCUT2D eigenvalue weighted by Gasteiger charge is 2.31. The van der Waals surface area contributed by atoms with Gasteiger partial charge in [-0.05, 0) is 46.7 Å². The van der Waals surface area contributed by atoms with Gasteiger partial charge in [0.1, 0.15) is 0 Å². The van der Waals surface area contributed by atoms with Crippen molar-refractivity contribution in [1.82, 2.24) is 4.90 Å². The van der Waals surface area contributed by atoms with Crippen molar-refractivity contribution in [2.45, 2.75) is 19.3 Å². The highest BCUT2D eigenvalue weighted by molar-refractivity contribution is 9.10. The van der Waals surface area contributed by atoms with E-state index in [1.54, 1.807) is 0 Å². The fourth-order valence-corrected chi connectivity index (χ4v) is 4.95. The zero-order valence-corrected chi connectivity index (χ0v) is 16.1. The fraction of sp³-hybridized carbons (Fsp3) is 0.318. The lowest BCUT2D eigenvalue weighted by Crippen LogP contribution is -2.36. The second-order valence-corrected chi connectivity index (χ2v) is 8.00. The molecule has 0 atom stereocenters. The highest BCUT2D eigenvalue weighted by Crippen LogP contribution is 2.44. The van der Waals surface area contributed by atoms with E-state index in [2.05, 4.69) is 51.2 Å². The Morgan fingerprint density at radius 1 is 1.08 bits per heavy atom. The number of carbonyl (C=O) groups is 1. The van der Waals surface area contributed by atoms with Crippen LogP contribution in [0.3, 0.4) is 0 Å². The normalized spacial score (nSPS) is 21.7. The van der Waals surface area contributed by atoms with Crippen LogP contribution in [0.1, 0.15) is 29.5 Å². The summed E-state index contributed by atoms with van der Waals surface area (Å²) in [5.74, 6) is 0.186. The maximum atomic E-state index is 12.7. The summed E-state index contributed by atoms with van der Waals surface area (Å²) in [6.45, 7) is 3.23. The molecule has 0 radical (unpaired) electrons. The molecule has 0 saturated carbocycles. The minimum Gasteiger partial charge on any atom is -0.378 e. The van der Waals surface area contributed by atoms with Gasteiger partial charge in [0.15, 0.2) is 5.78 Å². The van der Waals surface area contributed by atoms with Gasteiger partial charge in [0.2, 0.25) is 0 Å². The Labute approximate surface area is 161 Å². The van der Waals surface area contributed by atoms with Crippen LogP contribution in [0, 0.1) is 0 Å². The number of carbonyl (C=O) groups excluding carboxylic acids is 1. The average Bonchev–Trinajstić information content (AvgIpc) is 3.31. The van der Waals surface area contributed by atoms with E-state index in [4.69, 9.17) is 4.74 Å². The number of rotatable bonds is 2. The molecule has 26 heavy (non-hydrogen) atoms. The summed E-state index contributed by atoms with van der Waals surface area (Å²) in [7, 11) is 0. The predicted molar refractivity (Wildman–Crippen MR) is 107 cm³/mol. The van der Waals surface area contributed by atoms with Crippen LogP contribution in [0.5, 0.6) is 0 Å². The molecular formula is C22H20BrNO2. The van der Waals surface area contributed by atoms with Crippen LogP contribution in [-0.4, -0.2) is 37.0 Å². The first kappa shape index (κ1) is 16.3. The van der Waals surface area contributed by atoms with Gasteiger partial charge < -0.3 is 9.64 Å². The summed E-state index contributed by atoms with van der Waals surface area (Å²) < 4.78 is 6.61. The molecule has 5 rings (SSSR count). The summed E-state index contributed by atoms with van der Waals surface area (Å²) in [6.07, 6.45) is 11.1. The van der Waals surface area contributed by atoms with Crippen molar-refractivity contribution in [3.05, 3.63) is 68.4 Å². The number of ether oxygens (including phenoxy) is 1. The lowest BCUT2D eigenvalue weighted by atomic mass is 9.87. The number of morpholine rings is 1. The van der Waals surface area contributed by atoms with Gasteiger partial charge in [-0.15, -0.1) is 0 Å². The molecule has 1 heterocycles. The number of benzene rings is 1. The molecule has 1 aromatic rings. The number of nitrogens with zero attached hydrogens (tertiary/aromatic N) is 1. The van der Waals surface area contributed by atoms with Gasteiger partial charge in [0, 0.05) is 41.3 Å². The van der Waals surface area contributed by atoms with E-state index in [-0.39, 0.29) is 5.78 Å². The zero-order valence-electron chi connectivity index (χ0n) is 14.6. The van der Waals surface area contributed by atoms with Crippen molar-refractivity contribution in [2.75, 3.05) is 26.3 Å². The number of ketones is 1. The first-order chi connectivity index (χ1) is 12.7. The Hall–Kier alpha value is -1.91. The minimum absolute atomic E-state index is 0.186. The van der Waals surface area contributed by atoms with E-state index >= 15 is 0 Å². The highest BCUT2D eigenvalue weighted by atomic mass is 79.9. The third-order valence-electron chi connectivity index (χ3n) is 5.77. The summed E-state index contributed by atoms with van der Waals surface area (Å²) in [6, 6.07) is 4.33. The van der Waals surface area contributed by atoms with Crippen molar-refractivity contribution in [1.29, 1.82) is 0 Å². The van der Waals surface area contributed by atoms with Crippen LogP contribution in [0.4, 0.5) is 0 Å². The lowest BCUT2D eigenvalue weighted by Gasteiger charge is -2.33. The predicted octanol–water partition coefficient (Wildman–Crippen LogP) is 4.29. The molecule has 1 fully saturated rings. The molecular weight excluding hydrogens is 390 g/mol. The molecule has 0 N–H and O–H groups in total.